The number of anilines is 1. The van der Waals surface area contributed by atoms with Crippen LogP contribution in [0.15, 0.2) is 18.2 Å². The number of carbonyl (C=O) groups excluding carboxylic acids is 2. The molecule has 1 aliphatic carbocycles. The highest BCUT2D eigenvalue weighted by Crippen LogP contribution is 2.27. The molecule has 1 aromatic carbocycles. The van der Waals surface area contributed by atoms with Gasteiger partial charge in [0.15, 0.2) is 0 Å². The second-order valence-electron chi connectivity index (χ2n) is 4.89. The lowest BCUT2D eigenvalue weighted by Gasteiger charge is -2.20. The lowest BCUT2D eigenvalue weighted by molar-refractivity contribution is -0.133. The van der Waals surface area contributed by atoms with E-state index in [0.717, 1.165) is 18.4 Å². The summed E-state index contributed by atoms with van der Waals surface area (Å²) in [6.45, 7) is 3.50. The highest BCUT2D eigenvalue weighted by atomic mass is 35.5. The van der Waals surface area contributed by atoms with E-state index in [9.17, 15) is 9.59 Å². The van der Waals surface area contributed by atoms with Gasteiger partial charge in [-0.25, -0.2) is 0 Å². The zero-order valence-electron chi connectivity index (χ0n) is 11.1. The molecule has 0 radical (unpaired) electrons. The number of rotatable bonds is 4. The molecular formula is C14H17ClN2O2. The van der Waals surface area contributed by atoms with Crippen LogP contribution < -0.4 is 5.32 Å². The van der Waals surface area contributed by atoms with Crippen LogP contribution in [0.2, 0.25) is 5.02 Å². The van der Waals surface area contributed by atoms with E-state index < -0.39 is 0 Å². The third-order valence-corrected chi connectivity index (χ3v) is 3.41. The Hall–Kier alpha value is -1.55. The normalized spacial score (nSPS) is 14.1. The number of amides is 2. The minimum atomic E-state index is -0.188. The van der Waals surface area contributed by atoms with Gasteiger partial charge >= 0.3 is 0 Å². The van der Waals surface area contributed by atoms with Gasteiger partial charge in [0.25, 0.3) is 0 Å². The van der Waals surface area contributed by atoms with Crippen LogP contribution in [0.3, 0.4) is 0 Å². The van der Waals surface area contributed by atoms with Crippen molar-refractivity contribution in [2.75, 3.05) is 11.9 Å². The summed E-state index contributed by atoms with van der Waals surface area (Å²) in [6.07, 6.45) is 1.98. The standard InChI is InChI=1S/C14H17ClN2O2/c1-9-3-4-11(15)7-13(9)16-14(19)8-17(10(2)18)12-5-6-12/h3-4,7,12H,5-6,8H2,1-2H3,(H,16,19). The van der Waals surface area contributed by atoms with Gasteiger partial charge in [0.2, 0.25) is 11.8 Å². The lowest BCUT2D eigenvalue weighted by Crippen LogP contribution is -2.38. The summed E-state index contributed by atoms with van der Waals surface area (Å²) in [7, 11) is 0. The van der Waals surface area contributed by atoms with Gasteiger partial charge in [0.05, 0.1) is 0 Å². The molecule has 0 atom stereocenters. The topological polar surface area (TPSA) is 49.4 Å². The van der Waals surface area contributed by atoms with E-state index in [-0.39, 0.29) is 24.4 Å². The fourth-order valence-electron chi connectivity index (χ4n) is 1.96. The molecule has 0 saturated heterocycles. The quantitative estimate of drug-likeness (QED) is 0.922. The molecule has 102 valence electrons. The number of hydrogen-bond donors (Lipinski definition) is 1. The first-order chi connectivity index (χ1) is 8.97. The maximum atomic E-state index is 12.0. The predicted octanol–water partition coefficient (Wildman–Crippen LogP) is 2.60. The summed E-state index contributed by atoms with van der Waals surface area (Å²) in [5.41, 5.74) is 1.63. The van der Waals surface area contributed by atoms with E-state index in [1.807, 2.05) is 13.0 Å². The molecule has 1 N–H and O–H groups in total. The molecule has 2 rings (SSSR count). The first kappa shape index (κ1) is 13.9. The van der Waals surface area contributed by atoms with Gasteiger partial charge in [-0.1, -0.05) is 17.7 Å². The molecule has 0 bridgehead atoms. The number of nitrogens with one attached hydrogen (secondary N) is 1. The van der Waals surface area contributed by atoms with Crippen LogP contribution in [0, 0.1) is 6.92 Å². The summed E-state index contributed by atoms with van der Waals surface area (Å²) >= 11 is 5.90. The van der Waals surface area contributed by atoms with Crippen LogP contribution in [0.25, 0.3) is 0 Å². The number of carbonyl (C=O) groups is 2. The van der Waals surface area contributed by atoms with Crippen molar-refractivity contribution in [1.82, 2.24) is 4.90 Å². The van der Waals surface area contributed by atoms with Crippen LogP contribution in [-0.2, 0) is 9.59 Å². The molecule has 5 heteroatoms. The van der Waals surface area contributed by atoms with Crippen LogP contribution in [-0.4, -0.2) is 29.3 Å². The van der Waals surface area contributed by atoms with Gasteiger partial charge in [-0.3, -0.25) is 9.59 Å². The van der Waals surface area contributed by atoms with Gasteiger partial charge in [-0.05, 0) is 37.5 Å². The number of halogens is 1. The first-order valence-corrected chi connectivity index (χ1v) is 6.68. The molecule has 0 heterocycles. The van der Waals surface area contributed by atoms with E-state index in [2.05, 4.69) is 5.32 Å². The number of nitrogens with zero attached hydrogens (tertiary/aromatic N) is 1. The SMILES string of the molecule is CC(=O)N(CC(=O)Nc1cc(Cl)ccc1C)C1CC1. The van der Waals surface area contributed by atoms with Crippen molar-refractivity contribution in [1.29, 1.82) is 0 Å². The molecule has 0 aromatic heterocycles. The number of aryl methyl sites for hydroxylation is 1. The summed E-state index contributed by atoms with van der Waals surface area (Å²) in [6, 6.07) is 5.58. The summed E-state index contributed by atoms with van der Waals surface area (Å²) in [4.78, 5) is 25.1. The molecule has 0 unspecified atom stereocenters. The zero-order valence-corrected chi connectivity index (χ0v) is 11.8. The van der Waals surface area contributed by atoms with Crippen LogP contribution in [0.5, 0.6) is 0 Å². The van der Waals surface area contributed by atoms with E-state index in [4.69, 9.17) is 11.6 Å². The van der Waals surface area contributed by atoms with Crippen LogP contribution in [0.1, 0.15) is 25.3 Å². The van der Waals surface area contributed by atoms with Crippen molar-refractivity contribution in [2.45, 2.75) is 32.7 Å². The Labute approximate surface area is 117 Å². The Balaban J connectivity index is 2.00. The minimum absolute atomic E-state index is 0.0551. The molecule has 1 fully saturated rings. The van der Waals surface area contributed by atoms with Gasteiger partial charge in [-0.15, -0.1) is 0 Å². The third-order valence-electron chi connectivity index (χ3n) is 3.18. The highest BCUT2D eigenvalue weighted by molar-refractivity contribution is 6.31. The Morgan fingerprint density at radius 1 is 1.42 bits per heavy atom. The second-order valence-corrected chi connectivity index (χ2v) is 5.32. The maximum absolute atomic E-state index is 12.0. The van der Waals surface area contributed by atoms with Crippen LogP contribution >= 0.6 is 11.6 Å². The van der Waals surface area contributed by atoms with E-state index in [0.29, 0.717) is 10.7 Å². The smallest absolute Gasteiger partial charge is 0.244 e. The van der Waals surface area contributed by atoms with Crippen molar-refractivity contribution in [2.24, 2.45) is 0 Å². The van der Waals surface area contributed by atoms with Gasteiger partial charge in [0, 0.05) is 23.7 Å². The Bertz CT molecular complexity index is 512. The predicted molar refractivity (Wildman–Crippen MR) is 75.2 cm³/mol. The fraction of sp³-hybridized carbons (Fsp3) is 0.429. The van der Waals surface area contributed by atoms with Crippen molar-refractivity contribution in [3.63, 3.8) is 0 Å². The molecule has 1 aromatic rings. The van der Waals surface area contributed by atoms with Gasteiger partial charge < -0.3 is 10.2 Å². The maximum Gasteiger partial charge on any atom is 0.244 e. The van der Waals surface area contributed by atoms with Crippen molar-refractivity contribution >= 4 is 29.1 Å². The molecule has 0 spiro atoms. The largest absolute Gasteiger partial charge is 0.331 e. The van der Waals surface area contributed by atoms with E-state index >= 15 is 0 Å². The number of hydrogen-bond acceptors (Lipinski definition) is 2. The van der Waals surface area contributed by atoms with Crippen molar-refractivity contribution < 1.29 is 9.59 Å². The second kappa shape index (κ2) is 5.61. The molecule has 1 saturated carbocycles. The zero-order chi connectivity index (χ0) is 14.0. The summed E-state index contributed by atoms with van der Waals surface area (Å²) in [5, 5.41) is 3.38. The van der Waals surface area contributed by atoms with E-state index in [1.54, 1.807) is 17.0 Å². The summed E-state index contributed by atoms with van der Waals surface area (Å²) in [5.74, 6) is -0.243. The van der Waals surface area contributed by atoms with Gasteiger partial charge in [-0.2, -0.15) is 0 Å². The van der Waals surface area contributed by atoms with Crippen LogP contribution in [0.4, 0.5) is 5.69 Å². The van der Waals surface area contributed by atoms with Crippen molar-refractivity contribution in [3.8, 4) is 0 Å². The average Bonchev–Trinajstić information content (AvgIpc) is 3.14. The lowest BCUT2D eigenvalue weighted by atomic mass is 10.2. The van der Waals surface area contributed by atoms with Gasteiger partial charge in [0.1, 0.15) is 6.54 Å². The third kappa shape index (κ3) is 3.70. The Morgan fingerprint density at radius 3 is 2.68 bits per heavy atom. The fourth-order valence-corrected chi connectivity index (χ4v) is 2.13. The highest BCUT2D eigenvalue weighted by Gasteiger charge is 2.32. The molecule has 19 heavy (non-hydrogen) atoms. The molecular weight excluding hydrogens is 264 g/mol. The Morgan fingerprint density at radius 2 is 2.11 bits per heavy atom. The molecule has 0 aliphatic heterocycles. The first-order valence-electron chi connectivity index (χ1n) is 6.30. The number of benzene rings is 1. The molecule has 1 aliphatic rings. The van der Waals surface area contributed by atoms with Crippen molar-refractivity contribution in [3.05, 3.63) is 28.8 Å². The monoisotopic (exact) mass is 280 g/mol. The minimum Gasteiger partial charge on any atom is -0.331 e. The molecule has 2 amide bonds. The summed E-state index contributed by atoms with van der Waals surface area (Å²) < 4.78 is 0. The Kier molecular flexibility index (Phi) is 4.10. The average molecular weight is 281 g/mol. The molecule has 4 nitrogen and oxygen atoms in total. The van der Waals surface area contributed by atoms with E-state index in [1.165, 1.54) is 6.92 Å².